The molecule has 0 bridgehead atoms. The Balaban J connectivity index is 2.00. The molecule has 4 nitrogen and oxygen atoms in total. The number of benzene rings is 1. The van der Waals surface area contributed by atoms with Crippen molar-refractivity contribution in [3.63, 3.8) is 0 Å². The number of rotatable bonds is 7. The Morgan fingerprint density at radius 3 is 2.57 bits per heavy atom. The van der Waals surface area contributed by atoms with Crippen LogP contribution < -0.4 is 14.8 Å². The highest BCUT2D eigenvalue weighted by Crippen LogP contribution is 2.27. The Morgan fingerprint density at radius 1 is 1.19 bits per heavy atom. The van der Waals surface area contributed by atoms with Gasteiger partial charge in [-0.05, 0) is 25.1 Å². The molecule has 1 aromatic carbocycles. The average molecular weight is 289 g/mol. The van der Waals surface area contributed by atoms with E-state index >= 15 is 0 Å². The van der Waals surface area contributed by atoms with Gasteiger partial charge in [-0.1, -0.05) is 26.0 Å². The summed E-state index contributed by atoms with van der Waals surface area (Å²) in [6, 6.07) is 10.1. The molecule has 0 amide bonds. The molecular weight excluding hydrogens is 266 g/mol. The lowest BCUT2D eigenvalue weighted by molar-refractivity contribution is 0.282. The molecular formula is C17H23NO3. The van der Waals surface area contributed by atoms with Gasteiger partial charge >= 0.3 is 0 Å². The fourth-order valence-electron chi connectivity index (χ4n) is 2.02. The SMILES string of the molecule is COc1ccccc1OCc1cc(CNC(C)C)oc1C. The Hall–Kier alpha value is -1.94. The van der Waals surface area contributed by atoms with Crippen molar-refractivity contribution in [3.8, 4) is 11.5 Å². The van der Waals surface area contributed by atoms with Gasteiger partial charge in [0.2, 0.25) is 0 Å². The number of nitrogens with one attached hydrogen (secondary N) is 1. The molecule has 0 fully saturated rings. The van der Waals surface area contributed by atoms with Gasteiger partial charge in [-0.2, -0.15) is 0 Å². The lowest BCUT2D eigenvalue weighted by Gasteiger charge is -2.09. The highest BCUT2D eigenvalue weighted by atomic mass is 16.5. The van der Waals surface area contributed by atoms with E-state index in [4.69, 9.17) is 13.9 Å². The molecule has 0 saturated carbocycles. The normalized spacial score (nSPS) is 10.9. The molecule has 4 heteroatoms. The van der Waals surface area contributed by atoms with E-state index in [2.05, 4.69) is 19.2 Å². The van der Waals surface area contributed by atoms with E-state index in [0.717, 1.165) is 35.1 Å². The van der Waals surface area contributed by atoms with Crippen molar-refractivity contribution in [2.24, 2.45) is 0 Å². The minimum absolute atomic E-state index is 0.434. The molecule has 0 aliphatic rings. The van der Waals surface area contributed by atoms with Crippen molar-refractivity contribution in [1.29, 1.82) is 0 Å². The van der Waals surface area contributed by atoms with Crippen LogP contribution in [0.3, 0.4) is 0 Å². The molecule has 1 heterocycles. The summed E-state index contributed by atoms with van der Waals surface area (Å²) in [5.74, 6) is 3.30. The summed E-state index contributed by atoms with van der Waals surface area (Å²) in [4.78, 5) is 0. The Kier molecular flexibility index (Phi) is 5.28. The third kappa shape index (κ3) is 4.26. The maximum Gasteiger partial charge on any atom is 0.161 e. The van der Waals surface area contributed by atoms with Crippen LogP contribution in [0.15, 0.2) is 34.7 Å². The molecule has 0 aliphatic carbocycles. The van der Waals surface area contributed by atoms with E-state index in [9.17, 15) is 0 Å². The number of ether oxygens (including phenoxy) is 2. The van der Waals surface area contributed by atoms with E-state index in [1.165, 1.54) is 0 Å². The number of aryl methyl sites for hydroxylation is 1. The molecule has 2 aromatic rings. The number of para-hydroxylation sites is 2. The van der Waals surface area contributed by atoms with Crippen LogP contribution in [0.25, 0.3) is 0 Å². The second kappa shape index (κ2) is 7.18. The third-order valence-corrected chi connectivity index (χ3v) is 3.21. The van der Waals surface area contributed by atoms with Gasteiger partial charge in [-0.15, -0.1) is 0 Å². The number of furan rings is 1. The van der Waals surface area contributed by atoms with Crippen LogP contribution in [-0.4, -0.2) is 13.2 Å². The topological polar surface area (TPSA) is 43.6 Å². The first-order chi connectivity index (χ1) is 10.1. The largest absolute Gasteiger partial charge is 0.493 e. The fraction of sp³-hybridized carbons (Fsp3) is 0.412. The zero-order valence-electron chi connectivity index (χ0n) is 13.1. The second-order valence-corrected chi connectivity index (χ2v) is 5.27. The first-order valence-corrected chi connectivity index (χ1v) is 7.17. The quantitative estimate of drug-likeness (QED) is 0.844. The number of methoxy groups -OCH3 is 1. The predicted octanol–water partition coefficient (Wildman–Crippen LogP) is 3.67. The van der Waals surface area contributed by atoms with Gasteiger partial charge in [0.25, 0.3) is 0 Å². The van der Waals surface area contributed by atoms with Crippen molar-refractivity contribution in [2.75, 3.05) is 7.11 Å². The second-order valence-electron chi connectivity index (χ2n) is 5.27. The van der Waals surface area contributed by atoms with Crippen LogP contribution in [0.4, 0.5) is 0 Å². The summed E-state index contributed by atoms with van der Waals surface area (Å²) in [6.45, 7) is 7.38. The summed E-state index contributed by atoms with van der Waals surface area (Å²) >= 11 is 0. The minimum Gasteiger partial charge on any atom is -0.493 e. The lowest BCUT2D eigenvalue weighted by Crippen LogP contribution is -2.21. The predicted molar refractivity (Wildman–Crippen MR) is 82.7 cm³/mol. The molecule has 1 N–H and O–H groups in total. The molecule has 2 rings (SSSR count). The van der Waals surface area contributed by atoms with Crippen LogP contribution >= 0.6 is 0 Å². The number of hydrogen-bond donors (Lipinski definition) is 1. The van der Waals surface area contributed by atoms with Gasteiger partial charge in [-0.3, -0.25) is 0 Å². The Morgan fingerprint density at radius 2 is 1.90 bits per heavy atom. The molecule has 0 saturated heterocycles. The van der Waals surface area contributed by atoms with Gasteiger partial charge in [0.15, 0.2) is 11.5 Å². The van der Waals surface area contributed by atoms with Crippen molar-refractivity contribution in [3.05, 3.63) is 47.4 Å². The zero-order valence-corrected chi connectivity index (χ0v) is 13.1. The fourth-order valence-corrected chi connectivity index (χ4v) is 2.02. The summed E-state index contributed by atoms with van der Waals surface area (Å²) in [5.41, 5.74) is 1.06. The summed E-state index contributed by atoms with van der Waals surface area (Å²) in [7, 11) is 1.64. The molecule has 0 radical (unpaired) electrons. The van der Waals surface area contributed by atoms with Crippen LogP contribution in [0.2, 0.25) is 0 Å². The average Bonchev–Trinajstić information content (AvgIpc) is 2.83. The van der Waals surface area contributed by atoms with Crippen molar-refractivity contribution in [1.82, 2.24) is 5.32 Å². The highest BCUT2D eigenvalue weighted by Gasteiger charge is 2.10. The van der Waals surface area contributed by atoms with E-state index < -0.39 is 0 Å². The van der Waals surface area contributed by atoms with Gasteiger partial charge in [0.05, 0.1) is 13.7 Å². The van der Waals surface area contributed by atoms with Crippen LogP contribution in [0.5, 0.6) is 11.5 Å². The van der Waals surface area contributed by atoms with Crippen LogP contribution in [0.1, 0.15) is 30.9 Å². The van der Waals surface area contributed by atoms with Gasteiger partial charge < -0.3 is 19.2 Å². The summed E-state index contributed by atoms with van der Waals surface area (Å²) in [5, 5.41) is 3.34. The Bertz CT molecular complexity index is 575. The van der Waals surface area contributed by atoms with E-state index in [1.54, 1.807) is 7.11 Å². The van der Waals surface area contributed by atoms with Gasteiger partial charge in [0, 0.05) is 11.6 Å². The molecule has 21 heavy (non-hydrogen) atoms. The molecule has 114 valence electrons. The smallest absolute Gasteiger partial charge is 0.161 e. The van der Waals surface area contributed by atoms with Gasteiger partial charge in [0.1, 0.15) is 18.1 Å². The molecule has 0 atom stereocenters. The van der Waals surface area contributed by atoms with Crippen molar-refractivity contribution < 1.29 is 13.9 Å². The van der Waals surface area contributed by atoms with E-state index in [0.29, 0.717) is 12.6 Å². The first-order valence-electron chi connectivity index (χ1n) is 7.17. The first kappa shape index (κ1) is 15.4. The van der Waals surface area contributed by atoms with Crippen LogP contribution in [0, 0.1) is 6.92 Å². The van der Waals surface area contributed by atoms with Crippen molar-refractivity contribution >= 4 is 0 Å². The van der Waals surface area contributed by atoms with E-state index in [1.807, 2.05) is 37.3 Å². The molecule has 0 aliphatic heterocycles. The molecule has 0 unspecified atom stereocenters. The van der Waals surface area contributed by atoms with E-state index in [-0.39, 0.29) is 0 Å². The van der Waals surface area contributed by atoms with Crippen LogP contribution in [-0.2, 0) is 13.2 Å². The highest BCUT2D eigenvalue weighted by molar-refractivity contribution is 5.39. The zero-order chi connectivity index (χ0) is 15.2. The van der Waals surface area contributed by atoms with Gasteiger partial charge in [-0.25, -0.2) is 0 Å². The standard InChI is InChI=1S/C17H23NO3/c1-12(2)18-10-15-9-14(13(3)21-15)11-20-17-8-6-5-7-16(17)19-4/h5-9,12,18H,10-11H2,1-4H3. The summed E-state index contributed by atoms with van der Waals surface area (Å²) < 4.78 is 16.8. The molecule has 0 spiro atoms. The minimum atomic E-state index is 0.434. The summed E-state index contributed by atoms with van der Waals surface area (Å²) in [6.07, 6.45) is 0. The lowest BCUT2D eigenvalue weighted by atomic mass is 10.2. The number of hydrogen-bond acceptors (Lipinski definition) is 4. The Labute approximate surface area is 126 Å². The maximum absolute atomic E-state index is 5.83. The third-order valence-electron chi connectivity index (χ3n) is 3.21. The van der Waals surface area contributed by atoms with Crippen molar-refractivity contribution in [2.45, 2.75) is 40.0 Å². The monoisotopic (exact) mass is 289 g/mol. The molecule has 1 aromatic heterocycles. The maximum atomic E-state index is 5.83.